The van der Waals surface area contributed by atoms with Gasteiger partial charge in [-0.1, -0.05) is 27.8 Å². The summed E-state index contributed by atoms with van der Waals surface area (Å²) >= 11 is 3.60. The summed E-state index contributed by atoms with van der Waals surface area (Å²) in [4.78, 5) is 3.41. The average Bonchev–Trinajstić information content (AvgIpc) is 3.33. The third-order valence-electron chi connectivity index (χ3n) is 5.56. The van der Waals surface area contributed by atoms with Crippen LogP contribution in [0.15, 0.2) is 47.1 Å². The Hall–Kier alpha value is -2.26. The van der Waals surface area contributed by atoms with Crippen molar-refractivity contribution in [2.75, 3.05) is 18.5 Å². The summed E-state index contributed by atoms with van der Waals surface area (Å²) in [5.74, 6) is 6.10. The number of rotatable bonds is 1. The highest BCUT2D eigenvalue weighted by atomic mass is 79.9. The Morgan fingerprint density at radius 3 is 3.00 bits per heavy atom. The van der Waals surface area contributed by atoms with E-state index < -0.39 is 0 Å². The maximum absolute atomic E-state index is 8.95. The molecule has 1 saturated heterocycles. The Morgan fingerprint density at radius 2 is 2.11 bits per heavy atom. The molecule has 136 valence electrons. The van der Waals surface area contributed by atoms with Crippen LogP contribution in [0.5, 0.6) is 0 Å². The number of ether oxygens (including phenoxy) is 1. The van der Waals surface area contributed by atoms with E-state index in [2.05, 4.69) is 74.6 Å². The number of hydrogen-bond donors (Lipinski definition) is 3. The molecule has 4 nitrogen and oxygen atoms in total. The molecular weight excluding hydrogens is 404 g/mol. The number of aromatic amines is 1. The van der Waals surface area contributed by atoms with Gasteiger partial charge in [-0.2, -0.15) is 0 Å². The van der Waals surface area contributed by atoms with Gasteiger partial charge in [-0.3, -0.25) is 0 Å². The fourth-order valence-corrected chi connectivity index (χ4v) is 4.73. The van der Waals surface area contributed by atoms with E-state index in [0.717, 1.165) is 34.3 Å². The zero-order chi connectivity index (χ0) is 18.4. The van der Waals surface area contributed by atoms with Crippen molar-refractivity contribution >= 4 is 32.5 Å². The summed E-state index contributed by atoms with van der Waals surface area (Å²) in [7, 11) is 0. The molecule has 5 rings (SSSR count). The topological polar surface area (TPSA) is 57.3 Å². The predicted octanol–water partition coefficient (Wildman–Crippen LogP) is 4.52. The second kappa shape index (κ2) is 6.72. The molecule has 1 fully saturated rings. The number of H-pyrrole nitrogens is 1. The van der Waals surface area contributed by atoms with Gasteiger partial charge in [0.15, 0.2) is 0 Å². The summed E-state index contributed by atoms with van der Waals surface area (Å²) in [6, 6.07) is 12.7. The van der Waals surface area contributed by atoms with Gasteiger partial charge in [-0.05, 0) is 42.8 Å². The minimum atomic E-state index is -0.129. The summed E-state index contributed by atoms with van der Waals surface area (Å²) in [5.41, 5.74) is 5.60. The Bertz CT molecular complexity index is 1080. The first-order valence-corrected chi connectivity index (χ1v) is 9.92. The summed E-state index contributed by atoms with van der Waals surface area (Å²) in [5, 5.41) is 13.9. The molecule has 1 aromatic heterocycles. The quantitative estimate of drug-likeness (QED) is 0.505. The lowest BCUT2D eigenvalue weighted by atomic mass is 9.80. The van der Waals surface area contributed by atoms with Crippen molar-refractivity contribution in [3.05, 3.63) is 63.8 Å². The molecule has 27 heavy (non-hydrogen) atoms. The van der Waals surface area contributed by atoms with Crippen LogP contribution in [0, 0.1) is 17.8 Å². The molecule has 0 aliphatic carbocycles. The first-order valence-electron chi connectivity index (χ1n) is 9.13. The van der Waals surface area contributed by atoms with Crippen molar-refractivity contribution < 1.29 is 9.84 Å². The number of halogens is 1. The largest absolute Gasteiger partial charge is 0.384 e. The predicted molar refractivity (Wildman–Crippen MR) is 110 cm³/mol. The van der Waals surface area contributed by atoms with Gasteiger partial charge >= 0.3 is 0 Å². The first-order chi connectivity index (χ1) is 13.2. The zero-order valence-corrected chi connectivity index (χ0v) is 16.2. The van der Waals surface area contributed by atoms with Crippen molar-refractivity contribution in [2.45, 2.75) is 18.6 Å². The van der Waals surface area contributed by atoms with E-state index in [1.165, 1.54) is 16.5 Å². The second-order valence-electron chi connectivity index (χ2n) is 7.06. The van der Waals surface area contributed by atoms with E-state index in [9.17, 15) is 0 Å². The van der Waals surface area contributed by atoms with Crippen LogP contribution in [0.1, 0.15) is 35.3 Å². The highest BCUT2D eigenvalue weighted by molar-refractivity contribution is 9.10. The number of nitrogens with one attached hydrogen (secondary N) is 2. The van der Waals surface area contributed by atoms with Gasteiger partial charge in [0.1, 0.15) is 6.61 Å². The fourth-order valence-electron chi connectivity index (χ4n) is 4.37. The molecule has 0 unspecified atom stereocenters. The van der Waals surface area contributed by atoms with Gasteiger partial charge in [0, 0.05) is 56.5 Å². The van der Waals surface area contributed by atoms with Crippen LogP contribution in [0.3, 0.4) is 0 Å². The molecule has 2 aliphatic heterocycles. The smallest absolute Gasteiger partial charge is 0.104 e. The molecule has 3 N–H and O–H groups in total. The number of anilines is 1. The van der Waals surface area contributed by atoms with Crippen molar-refractivity contribution in [3.63, 3.8) is 0 Å². The highest BCUT2D eigenvalue weighted by Gasteiger charge is 2.42. The SMILES string of the molecule is OCC#Cc1ccc2c(c1)[C@H]1OCC[C@H]1[C@@H](c1c[nH]c3ccc(Br)cc13)N2. The van der Waals surface area contributed by atoms with Gasteiger partial charge in [0.25, 0.3) is 0 Å². The lowest BCUT2D eigenvalue weighted by Crippen LogP contribution is -2.29. The van der Waals surface area contributed by atoms with Crippen molar-refractivity contribution in [3.8, 4) is 11.8 Å². The third kappa shape index (κ3) is 2.85. The Labute approximate surface area is 166 Å². The molecule has 0 bridgehead atoms. The number of benzene rings is 2. The number of aliphatic hydroxyl groups is 1. The third-order valence-corrected chi connectivity index (χ3v) is 6.05. The Morgan fingerprint density at radius 1 is 1.19 bits per heavy atom. The minimum absolute atomic E-state index is 0.0687. The monoisotopic (exact) mass is 422 g/mol. The van der Waals surface area contributed by atoms with Gasteiger partial charge < -0.3 is 20.1 Å². The molecule has 3 heterocycles. The molecule has 2 aromatic carbocycles. The number of aliphatic hydroxyl groups excluding tert-OH is 1. The van der Waals surface area contributed by atoms with Crippen LogP contribution < -0.4 is 5.32 Å². The molecule has 0 saturated carbocycles. The van der Waals surface area contributed by atoms with Crippen LogP contribution in [0.4, 0.5) is 5.69 Å². The maximum atomic E-state index is 8.95. The molecule has 0 amide bonds. The van der Waals surface area contributed by atoms with E-state index in [0.29, 0.717) is 5.92 Å². The number of fused-ring (bicyclic) bond motifs is 4. The normalized spacial score (nSPS) is 23.3. The van der Waals surface area contributed by atoms with E-state index in [4.69, 9.17) is 9.84 Å². The lowest BCUT2D eigenvalue weighted by Gasteiger charge is -2.36. The molecule has 2 aliphatic rings. The van der Waals surface area contributed by atoms with Crippen LogP contribution in [0.2, 0.25) is 0 Å². The lowest BCUT2D eigenvalue weighted by molar-refractivity contribution is 0.0830. The number of aromatic nitrogens is 1. The number of hydrogen-bond acceptors (Lipinski definition) is 3. The van der Waals surface area contributed by atoms with E-state index in [1.54, 1.807) is 0 Å². The van der Waals surface area contributed by atoms with Gasteiger partial charge in [0.05, 0.1) is 12.1 Å². The maximum Gasteiger partial charge on any atom is 0.104 e. The molecular formula is C22H19BrN2O2. The molecule has 3 atom stereocenters. The van der Waals surface area contributed by atoms with Crippen LogP contribution in [-0.2, 0) is 4.74 Å². The molecule has 0 radical (unpaired) electrons. The molecule has 3 aromatic rings. The van der Waals surface area contributed by atoms with Crippen LogP contribution in [0.25, 0.3) is 10.9 Å². The Kier molecular flexibility index (Phi) is 4.20. The molecule has 0 spiro atoms. The fraction of sp³-hybridized carbons (Fsp3) is 0.273. The summed E-state index contributed by atoms with van der Waals surface area (Å²) in [6.45, 7) is 0.641. The van der Waals surface area contributed by atoms with Crippen LogP contribution >= 0.6 is 15.9 Å². The van der Waals surface area contributed by atoms with Gasteiger partial charge in [-0.15, -0.1) is 0 Å². The zero-order valence-electron chi connectivity index (χ0n) is 14.6. The van der Waals surface area contributed by atoms with Crippen molar-refractivity contribution in [1.82, 2.24) is 4.98 Å². The average molecular weight is 423 g/mol. The van der Waals surface area contributed by atoms with E-state index in [-0.39, 0.29) is 18.8 Å². The Balaban J connectivity index is 1.59. The summed E-state index contributed by atoms with van der Waals surface area (Å²) < 4.78 is 7.23. The molecule has 5 heteroatoms. The first kappa shape index (κ1) is 16.9. The van der Waals surface area contributed by atoms with E-state index >= 15 is 0 Å². The second-order valence-corrected chi connectivity index (χ2v) is 7.98. The van der Waals surface area contributed by atoms with Crippen molar-refractivity contribution in [2.24, 2.45) is 5.92 Å². The highest BCUT2D eigenvalue weighted by Crippen LogP contribution is 2.51. The summed E-state index contributed by atoms with van der Waals surface area (Å²) in [6.07, 6.45) is 3.21. The van der Waals surface area contributed by atoms with Gasteiger partial charge in [-0.25, -0.2) is 0 Å². The minimum Gasteiger partial charge on any atom is -0.384 e. The van der Waals surface area contributed by atoms with Gasteiger partial charge in [0.2, 0.25) is 0 Å². The van der Waals surface area contributed by atoms with Crippen molar-refractivity contribution in [1.29, 1.82) is 0 Å². The van der Waals surface area contributed by atoms with E-state index in [1.807, 2.05) is 6.07 Å². The van der Waals surface area contributed by atoms with Crippen LogP contribution in [-0.4, -0.2) is 23.3 Å². The standard InChI is InChI=1S/C22H19BrN2O2/c23-14-4-6-19-16(11-14)18(12-24-19)21-15-7-9-27-22(15)17-10-13(2-1-8-26)3-5-20(17)25-21/h3-6,10-12,15,21-22,24-26H,7-9H2/t15-,21-,22-/m0/s1.